The van der Waals surface area contributed by atoms with Gasteiger partial charge in [-0.1, -0.05) is 23.2 Å². The zero-order valence-corrected chi connectivity index (χ0v) is 11.8. The zero-order valence-electron chi connectivity index (χ0n) is 10.3. The van der Waals surface area contributed by atoms with Gasteiger partial charge >= 0.3 is 0 Å². The Morgan fingerprint density at radius 3 is 2.58 bits per heavy atom. The SMILES string of the molecule is CC(C)Oc1ccc(-c2ncnc(Cl)c2Cl)c(F)c1. The molecule has 0 aliphatic carbocycles. The predicted octanol–water partition coefficient (Wildman–Crippen LogP) is 4.38. The van der Waals surface area contributed by atoms with Gasteiger partial charge in [-0.2, -0.15) is 0 Å². The van der Waals surface area contributed by atoms with Gasteiger partial charge in [0.15, 0.2) is 5.15 Å². The van der Waals surface area contributed by atoms with E-state index in [-0.39, 0.29) is 27.5 Å². The van der Waals surface area contributed by atoms with Crippen molar-refractivity contribution in [2.24, 2.45) is 0 Å². The number of hydrogen-bond donors (Lipinski definition) is 0. The number of rotatable bonds is 3. The third-order valence-corrected chi connectivity index (χ3v) is 3.06. The number of benzene rings is 1. The number of hydrogen-bond acceptors (Lipinski definition) is 3. The van der Waals surface area contributed by atoms with Gasteiger partial charge < -0.3 is 4.74 Å². The summed E-state index contributed by atoms with van der Waals surface area (Å²) >= 11 is 11.8. The molecule has 1 aromatic carbocycles. The minimum Gasteiger partial charge on any atom is -0.491 e. The standard InChI is InChI=1S/C13H11Cl2FN2O/c1-7(2)19-8-3-4-9(10(16)5-8)12-11(14)13(15)18-6-17-12/h3-7H,1-2H3. The number of nitrogens with zero attached hydrogens (tertiary/aromatic N) is 2. The lowest BCUT2D eigenvalue weighted by Gasteiger charge is -2.11. The molecule has 0 unspecified atom stereocenters. The van der Waals surface area contributed by atoms with E-state index in [1.807, 2.05) is 13.8 Å². The van der Waals surface area contributed by atoms with Crippen LogP contribution in [-0.4, -0.2) is 16.1 Å². The van der Waals surface area contributed by atoms with Gasteiger partial charge in [0.2, 0.25) is 0 Å². The minimum atomic E-state index is -0.477. The molecule has 0 spiro atoms. The van der Waals surface area contributed by atoms with Gasteiger partial charge in [-0.15, -0.1) is 0 Å². The highest BCUT2D eigenvalue weighted by atomic mass is 35.5. The molecule has 100 valence electrons. The topological polar surface area (TPSA) is 35.0 Å². The van der Waals surface area contributed by atoms with Crippen molar-refractivity contribution in [3.8, 4) is 17.0 Å². The van der Waals surface area contributed by atoms with Crippen LogP contribution in [0.5, 0.6) is 5.75 Å². The molecule has 0 aliphatic heterocycles. The molecular weight excluding hydrogens is 290 g/mol. The first-order valence-corrected chi connectivity index (χ1v) is 6.37. The van der Waals surface area contributed by atoms with Crippen LogP contribution in [0.2, 0.25) is 10.2 Å². The fourth-order valence-electron chi connectivity index (χ4n) is 1.57. The average Bonchev–Trinajstić information content (AvgIpc) is 2.33. The number of ether oxygens (including phenoxy) is 1. The maximum atomic E-state index is 14.1. The fraction of sp³-hybridized carbons (Fsp3) is 0.231. The summed E-state index contributed by atoms with van der Waals surface area (Å²) in [6, 6.07) is 4.50. The molecule has 3 nitrogen and oxygen atoms in total. The summed E-state index contributed by atoms with van der Waals surface area (Å²) < 4.78 is 19.5. The molecule has 0 aliphatic rings. The maximum absolute atomic E-state index is 14.1. The van der Waals surface area contributed by atoms with Crippen molar-refractivity contribution in [2.45, 2.75) is 20.0 Å². The van der Waals surface area contributed by atoms with Crippen LogP contribution in [0, 0.1) is 5.82 Å². The largest absolute Gasteiger partial charge is 0.491 e. The summed E-state index contributed by atoms with van der Waals surface area (Å²) in [5, 5.41) is 0.217. The highest BCUT2D eigenvalue weighted by Crippen LogP contribution is 2.33. The van der Waals surface area contributed by atoms with Crippen molar-refractivity contribution in [2.75, 3.05) is 0 Å². The molecule has 0 amide bonds. The van der Waals surface area contributed by atoms with Crippen molar-refractivity contribution in [1.29, 1.82) is 0 Å². The van der Waals surface area contributed by atoms with E-state index < -0.39 is 5.82 Å². The number of halogens is 3. The van der Waals surface area contributed by atoms with Crippen molar-refractivity contribution in [3.05, 3.63) is 40.5 Å². The molecule has 0 saturated heterocycles. The first kappa shape index (κ1) is 14.0. The summed E-state index contributed by atoms with van der Waals surface area (Å²) in [6.07, 6.45) is 1.21. The predicted molar refractivity (Wildman–Crippen MR) is 73.2 cm³/mol. The molecular formula is C13H11Cl2FN2O. The zero-order chi connectivity index (χ0) is 14.0. The third-order valence-electron chi connectivity index (χ3n) is 2.31. The summed E-state index contributed by atoms with van der Waals surface area (Å²) in [5.41, 5.74) is 0.515. The number of aromatic nitrogens is 2. The third kappa shape index (κ3) is 3.14. The Labute approximate surface area is 120 Å². The monoisotopic (exact) mass is 300 g/mol. The van der Waals surface area contributed by atoms with Gasteiger partial charge in [-0.3, -0.25) is 0 Å². The van der Waals surface area contributed by atoms with E-state index in [9.17, 15) is 4.39 Å². The Morgan fingerprint density at radius 2 is 1.95 bits per heavy atom. The molecule has 1 heterocycles. The second-order valence-electron chi connectivity index (χ2n) is 4.14. The normalized spacial score (nSPS) is 10.8. The first-order valence-electron chi connectivity index (χ1n) is 5.61. The van der Waals surface area contributed by atoms with E-state index in [4.69, 9.17) is 27.9 Å². The van der Waals surface area contributed by atoms with E-state index in [1.165, 1.54) is 12.4 Å². The Balaban J connectivity index is 2.43. The van der Waals surface area contributed by atoms with Crippen LogP contribution in [0.25, 0.3) is 11.3 Å². The van der Waals surface area contributed by atoms with E-state index in [0.717, 1.165) is 0 Å². The summed E-state index contributed by atoms with van der Waals surface area (Å²) in [6.45, 7) is 3.74. The van der Waals surface area contributed by atoms with Crippen molar-refractivity contribution in [1.82, 2.24) is 9.97 Å². The smallest absolute Gasteiger partial charge is 0.151 e. The van der Waals surface area contributed by atoms with Crippen LogP contribution in [0.15, 0.2) is 24.5 Å². The van der Waals surface area contributed by atoms with Crippen molar-refractivity contribution >= 4 is 23.2 Å². The van der Waals surface area contributed by atoms with E-state index in [2.05, 4.69) is 9.97 Å². The molecule has 0 N–H and O–H groups in total. The molecule has 6 heteroatoms. The van der Waals surface area contributed by atoms with Crippen LogP contribution >= 0.6 is 23.2 Å². The van der Waals surface area contributed by atoms with Crippen LogP contribution in [0.4, 0.5) is 4.39 Å². The highest BCUT2D eigenvalue weighted by Gasteiger charge is 2.14. The second-order valence-corrected chi connectivity index (χ2v) is 4.87. The summed E-state index contributed by atoms with van der Waals surface area (Å²) in [4.78, 5) is 7.68. The Bertz CT molecular complexity index is 605. The molecule has 0 atom stereocenters. The molecule has 0 radical (unpaired) electrons. The van der Waals surface area contributed by atoms with E-state index in [1.54, 1.807) is 12.1 Å². The quantitative estimate of drug-likeness (QED) is 0.789. The fourth-order valence-corrected chi connectivity index (χ4v) is 1.90. The van der Waals surface area contributed by atoms with Gasteiger partial charge in [0, 0.05) is 11.6 Å². The Kier molecular flexibility index (Phi) is 4.22. The lowest BCUT2D eigenvalue weighted by atomic mass is 10.1. The van der Waals surface area contributed by atoms with Gasteiger partial charge in [0.25, 0.3) is 0 Å². The molecule has 0 fully saturated rings. The lowest BCUT2D eigenvalue weighted by molar-refractivity contribution is 0.241. The van der Waals surface area contributed by atoms with Crippen LogP contribution in [-0.2, 0) is 0 Å². The second kappa shape index (κ2) is 5.72. The maximum Gasteiger partial charge on any atom is 0.151 e. The Hall–Kier alpha value is -1.39. The van der Waals surface area contributed by atoms with Crippen LogP contribution in [0.1, 0.15) is 13.8 Å². The van der Waals surface area contributed by atoms with Gasteiger partial charge in [0.05, 0.1) is 11.8 Å². The van der Waals surface area contributed by atoms with Gasteiger partial charge in [-0.05, 0) is 26.0 Å². The lowest BCUT2D eigenvalue weighted by Crippen LogP contribution is -2.05. The highest BCUT2D eigenvalue weighted by molar-refractivity contribution is 6.42. The molecule has 0 saturated carbocycles. The van der Waals surface area contributed by atoms with Crippen molar-refractivity contribution in [3.63, 3.8) is 0 Å². The van der Waals surface area contributed by atoms with Gasteiger partial charge in [-0.25, -0.2) is 14.4 Å². The first-order chi connectivity index (χ1) is 8.99. The summed E-state index contributed by atoms with van der Waals surface area (Å²) in [7, 11) is 0. The van der Waals surface area contributed by atoms with Gasteiger partial charge in [0.1, 0.15) is 22.9 Å². The van der Waals surface area contributed by atoms with E-state index in [0.29, 0.717) is 5.75 Å². The molecule has 0 bridgehead atoms. The summed E-state index contributed by atoms with van der Waals surface area (Å²) in [5.74, 6) is -0.0256. The van der Waals surface area contributed by atoms with Crippen molar-refractivity contribution < 1.29 is 9.13 Å². The van der Waals surface area contributed by atoms with Crippen LogP contribution in [0.3, 0.4) is 0 Å². The molecule has 2 rings (SSSR count). The van der Waals surface area contributed by atoms with Crippen LogP contribution < -0.4 is 4.74 Å². The molecule has 2 aromatic rings. The van der Waals surface area contributed by atoms with E-state index >= 15 is 0 Å². The minimum absolute atomic E-state index is 0.0256. The molecule has 19 heavy (non-hydrogen) atoms. The Morgan fingerprint density at radius 1 is 1.21 bits per heavy atom. The average molecular weight is 301 g/mol. The molecule has 1 aromatic heterocycles.